The minimum Gasteiger partial charge on any atom is -0.497 e. The zero-order valence-electron chi connectivity index (χ0n) is 15.3. The van der Waals surface area contributed by atoms with Gasteiger partial charge in [-0.3, -0.25) is 9.59 Å². The van der Waals surface area contributed by atoms with Gasteiger partial charge in [0.1, 0.15) is 11.5 Å². The Morgan fingerprint density at radius 3 is 2.69 bits per heavy atom. The topological polar surface area (TPSA) is 90.0 Å². The van der Waals surface area contributed by atoms with Gasteiger partial charge < -0.3 is 14.4 Å². The van der Waals surface area contributed by atoms with Crippen molar-refractivity contribution in [3.63, 3.8) is 0 Å². The maximum absolute atomic E-state index is 12.7. The number of benzene rings is 1. The number of carbonyl (C=O) groups is 2. The summed E-state index contributed by atoms with van der Waals surface area (Å²) in [6, 6.07) is 4.33. The highest BCUT2D eigenvalue weighted by atomic mass is 32.2. The van der Waals surface area contributed by atoms with Crippen molar-refractivity contribution in [1.29, 1.82) is 0 Å². The van der Waals surface area contributed by atoms with Gasteiger partial charge in [0.25, 0.3) is 5.91 Å². The van der Waals surface area contributed by atoms with E-state index in [1.54, 1.807) is 17.0 Å². The summed E-state index contributed by atoms with van der Waals surface area (Å²) in [5, 5.41) is 0. The summed E-state index contributed by atoms with van der Waals surface area (Å²) in [6.07, 6.45) is 1.79. The van der Waals surface area contributed by atoms with Gasteiger partial charge >= 0.3 is 0 Å². The first-order valence-electron chi connectivity index (χ1n) is 8.59. The van der Waals surface area contributed by atoms with E-state index < -0.39 is 9.84 Å². The predicted octanol–water partition coefficient (Wildman–Crippen LogP) is 1.70. The Bertz CT molecular complexity index is 761. The Labute approximate surface area is 154 Å². The second-order valence-corrected chi connectivity index (χ2v) is 8.65. The normalized spacial score (nSPS) is 19.6. The van der Waals surface area contributed by atoms with Crippen LogP contribution in [0.2, 0.25) is 0 Å². The standard InChI is InChI=1S/C18H25NO6S/c1-4-13(2)19(15-7-8-26(22,23)12-15)18(21)11-25-17-6-5-16(24-3)9-14(17)10-20/h5-6,9-10,13,15H,4,7-8,11-12H2,1-3H3/t13-,15-/m0/s1. The molecule has 26 heavy (non-hydrogen) atoms. The summed E-state index contributed by atoms with van der Waals surface area (Å²) >= 11 is 0. The average Bonchev–Trinajstić information content (AvgIpc) is 2.98. The molecule has 2 atom stereocenters. The number of rotatable bonds is 8. The van der Waals surface area contributed by atoms with Crippen LogP contribution >= 0.6 is 0 Å². The fraction of sp³-hybridized carbons (Fsp3) is 0.556. The summed E-state index contributed by atoms with van der Waals surface area (Å²) in [7, 11) is -1.60. The molecule has 7 nitrogen and oxygen atoms in total. The van der Waals surface area contributed by atoms with Gasteiger partial charge in [-0.25, -0.2) is 8.42 Å². The molecule has 2 rings (SSSR count). The molecule has 1 saturated heterocycles. The van der Waals surface area contributed by atoms with Crippen LogP contribution in [0.25, 0.3) is 0 Å². The van der Waals surface area contributed by atoms with E-state index in [-0.39, 0.29) is 47.4 Å². The van der Waals surface area contributed by atoms with Crippen LogP contribution in [0.4, 0.5) is 0 Å². The van der Waals surface area contributed by atoms with Crippen LogP contribution in [0.15, 0.2) is 18.2 Å². The SMILES string of the molecule is CC[C@H](C)N(C(=O)COc1ccc(OC)cc1C=O)[C@H]1CCS(=O)(=O)C1. The van der Waals surface area contributed by atoms with Crippen LogP contribution in [0.5, 0.6) is 11.5 Å². The van der Waals surface area contributed by atoms with Gasteiger partial charge in [-0.15, -0.1) is 0 Å². The largest absolute Gasteiger partial charge is 0.497 e. The highest BCUT2D eigenvalue weighted by molar-refractivity contribution is 7.91. The van der Waals surface area contributed by atoms with Crippen LogP contribution in [0.3, 0.4) is 0 Å². The van der Waals surface area contributed by atoms with Crippen molar-refractivity contribution >= 4 is 22.0 Å². The number of carbonyl (C=O) groups excluding carboxylic acids is 2. The molecule has 144 valence electrons. The molecule has 0 bridgehead atoms. The van der Waals surface area contributed by atoms with Gasteiger partial charge in [0.15, 0.2) is 22.7 Å². The molecule has 0 N–H and O–H groups in total. The van der Waals surface area contributed by atoms with Crippen LogP contribution in [0.1, 0.15) is 37.0 Å². The third-order valence-corrected chi connectivity index (χ3v) is 6.40. The first-order chi connectivity index (χ1) is 12.3. The summed E-state index contributed by atoms with van der Waals surface area (Å²) in [6.45, 7) is 3.59. The lowest BCUT2D eigenvalue weighted by atomic mass is 10.1. The smallest absolute Gasteiger partial charge is 0.261 e. The molecule has 0 aromatic heterocycles. The molecular weight excluding hydrogens is 358 g/mol. The third kappa shape index (κ3) is 4.75. The lowest BCUT2D eigenvalue weighted by Gasteiger charge is -2.33. The van der Waals surface area contributed by atoms with E-state index in [0.29, 0.717) is 24.9 Å². The fourth-order valence-electron chi connectivity index (χ4n) is 3.09. The molecule has 1 aliphatic rings. The molecule has 1 amide bonds. The van der Waals surface area contributed by atoms with Gasteiger partial charge in [-0.1, -0.05) is 6.92 Å². The molecule has 0 saturated carbocycles. The van der Waals surface area contributed by atoms with Gasteiger partial charge in [-0.05, 0) is 38.0 Å². The molecule has 0 radical (unpaired) electrons. The van der Waals surface area contributed by atoms with Crippen molar-refractivity contribution in [3.8, 4) is 11.5 Å². The molecule has 8 heteroatoms. The molecule has 0 spiro atoms. The first kappa shape index (κ1) is 20.2. The molecule has 0 unspecified atom stereocenters. The van der Waals surface area contributed by atoms with E-state index in [0.717, 1.165) is 0 Å². The van der Waals surface area contributed by atoms with Gasteiger partial charge in [0.2, 0.25) is 0 Å². The maximum Gasteiger partial charge on any atom is 0.261 e. The quantitative estimate of drug-likeness (QED) is 0.635. The zero-order chi connectivity index (χ0) is 19.3. The Kier molecular flexibility index (Phi) is 6.63. The van der Waals surface area contributed by atoms with Crippen molar-refractivity contribution in [2.45, 2.75) is 38.8 Å². The molecule has 1 aliphatic heterocycles. The van der Waals surface area contributed by atoms with Crippen molar-refractivity contribution in [3.05, 3.63) is 23.8 Å². The van der Waals surface area contributed by atoms with Gasteiger partial charge in [0, 0.05) is 12.1 Å². The van der Waals surface area contributed by atoms with E-state index >= 15 is 0 Å². The average molecular weight is 383 g/mol. The molecule has 1 heterocycles. The fourth-order valence-corrected chi connectivity index (χ4v) is 4.80. The number of sulfone groups is 1. The Hall–Kier alpha value is -2.09. The monoisotopic (exact) mass is 383 g/mol. The number of hydrogen-bond acceptors (Lipinski definition) is 6. The highest BCUT2D eigenvalue weighted by Crippen LogP contribution is 2.24. The molecule has 1 fully saturated rings. The van der Waals surface area contributed by atoms with Crippen LogP contribution < -0.4 is 9.47 Å². The second kappa shape index (κ2) is 8.53. The minimum atomic E-state index is -3.10. The minimum absolute atomic E-state index is 0.00873. The Morgan fingerprint density at radius 2 is 2.15 bits per heavy atom. The lowest BCUT2D eigenvalue weighted by Crippen LogP contribution is -2.48. The van der Waals surface area contributed by atoms with Gasteiger partial charge in [0.05, 0.1) is 24.2 Å². The molecule has 0 aliphatic carbocycles. The van der Waals surface area contributed by atoms with Crippen LogP contribution in [-0.2, 0) is 14.6 Å². The maximum atomic E-state index is 12.7. The molecule has 1 aromatic carbocycles. The summed E-state index contributed by atoms with van der Waals surface area (Å²) in [4.78, 5) is 25.6. The third-order valence-electron chi connectivity index (χ3n) is 4.65. The summed E-state index contributed by atoms with van der Waals surface area (Å²) in [5.74, 6) is 0.618. The number of hydrogen-bond donors (Lipinski definition) is 0. The Morgan fingerprint density at radius 1 is 1.42 bits per heavy atom. The van der Waals surface area contributed by atoms with E-state index in [9.17, 15) is 18.0 Å². The Balaban J connectivity index is 2.11. The van der Waals surface area contributed by atoms with Crippen molar-refractivity contribution < 1.29 is 27.5 Å². The highest BCUT2D eigenvalue weighted by Gasteiger charge is 2.36. The second-order valence-electron chi connectivity index (χ2n) is 6.43. The van der Waals surface area contributed by atoms with Crippen LogP contribution in [-0.4, -0.2) is 62.8 Å². The predicted molar refractivity (Wildman–Crippen MR) is 97.5 cm³/mol. The number of aldehydes is 1. The van der Waals surface area contributed by atoms with Crippen LogP contribution in [0, 0.1) is 0 Å². The van der Waals surface area contributed by atoms with E-state index in [2.05, 4.69) is 0 Å². The summed E-state index contributed by atoms with van der Waals surface area (Å²) in [5.41, 5.74) is 0.288. The van der Waals surface area contributed by atoms with E-state index in [4.69, 9.17) is 9.47 Å². The van der Waals surface area contributed by atoms with Crippen molar-refractivity contribution in [2.24, 2.45) is 0 Å². The summed E-state index contributed by atoms with van der Waals surface area (Å²) < 4.78 is 34.2. The van der Waals surface area contributed by atoms with E-state index in [1.807, 2.05) is 13.8 Å². The first-order valence-corrected chi connectivity index (χ1v) is 10.4. The number of nitrogens with zero attached hydrogens (tertiary/aromatic N) is 1. The molecular formula is C18H25NO6S. The van der Waals surface area contributed by atoms with Crippen molar-refractivity contribution in [1.82, 2.24) is 4.90 Å². The number of methoxy groups -OCH3 is 1. The molecule has 1 aromatic rings. The van der Waals surface area contributed by atoms with Gasteiger partial charge in [-0.2, -0.15) is 0 Å². The number of amides is 1. The van der Waals surface area contributed by atoms with E-state index in [1.165, 1.54) is 13.2 Å². The number of ether oxygens (including phenoxy) is 2. The van der Waals surface area contributed by atoms with Crippen molar-refractivity contribution in [2.75, 3.05) is 25.2 Å². The lowest BCUT2D eigenvalue weighted by molar-refractivity contribution is -0.137. The zero-order valence-corrected chi connectivity index (χ0v) is 16.1.